The normalized spacial score (nSPS) is 23.8. The number of amides is 1. The number of hydrogen-bond acceptors (Lipinski definition) is 3. The molecule has 1 saturated carbocycles. The van der Waals surface area contributed by atoms with E-state index in [4.69, 9.17) is 5.73 Å². The molecule has 3 N–H and O–H groups in total. The minimum atomic E-state index is -0.767. The number of nitrogens with two attached hydrogens (primary N) is 1. The molecule has 22 heavy (non-hydrogen) atoms. The summed E-state index contributed by atoms with van der Waals surface area (Å²) >= 11 is 0. The van der Waals surface area contributed by atoms with Crippen molar-refractivity contribution in [2.75, 3.05) is 18.0 Å². The molecular formula is C16H21F2N3O. The Bertz CT molecular complexity index is 552. The molecule has 2 aliphatic rings. The number of carbonyl (C=O) groups is 1. The monoisotopic (exact) mass is 309 g/mol. The van der Waals surface area contributed by atoms with Gasteiger partial charge in [0.25, 0.3) is 0 Å². The maximum absolute atomic E-state index is 13.8. The van der Waals surface area contributed by atoms with Gasteiger partial charge in [-0.3, -0.25) is 4.79 Å². The molecule has 3 rings (SSSR count). The number of para-hydroxylation sites is 1. The summed E-state index contributed by atoms with van der Waals surface area (Å²) in [5, 5.41) is 2.95. The molecule has 1 amide bonds. The quantitative estimate of drug-likeness (QED) is 0.897. The molecule has 1 aliphatic heterocycles. The van der Waals surface area contributed by atoms with Crippen molar-refractivity contribution >= 4 is 11.6 Å². The standard InChI is InChI=1S/C16H21F2N3O/c17-12-4-3-5-13(18)14(12)21-9-6-11(10-21)20-15(22)16(19)7-1-2-8-16/h3-5,11H,1-2,6-10,19H2,(H,20,22). The SMILES string of the molecule is NC1(C(=O)NC2CCN(c3c(F)cccc3F)C2)CCCC1. The maximum Gasteiger partial charge on any atom is 0.240 e. The molecule has 1 aromatic carbocycles. The van der Waals surface area contributed by atoms with Gasteiger partial charge >= 0.3 is 0 Å². The van der Waals surface area contributed by atoms with Crippen LogP contribution in [-0.2, 0) is 4.79 Å². The fourth-order valence-electron chi connectivity index (χ4n) is 3.43. The second kappa shape index (κ2) is 5.83. The molecule has 1 aliphatic carbocycles. The van der Waals surface area contributed by atoms with Crippen molar-refractivity contribution in [1.29, 1.82) is 0 Å². The summed E-state index contributed by atoms with van der Waals surface area (Å²) in [6.45, 7) is 0.917. The largest absolute Gasteiger partial charge is 0.365 e. The summed E-state index contributed by atoms with van der Waals surface area (Å²) in [7, 11) is 0. The summed E-state index contributed by atoms with van der Waals surface area (Å²) in [6.07, 6.45) is 4.02. The number of halogens is 2. The lowest BCUT2D eigenvalue weighted by Crippen LogP contribution is -2.54. The zero-order valence-corrected chi connectivity index (χ0v) is 12.4. The van der Waals surface area contributed by atoms with Gasteiger partial charge in [-0.1, -0.05) is 18.9 Å². The van der Waals surface area contributed by atoms with Gasteiger partial charge in [-0.05, 0) is 31.4 Å². The number of nitrogens with one attached hydrogen (secondary N) is 1. The molecule has 1 aromatic rings. The molecule has 0 spiro atoms. The Balaban J connectivity index is 1.64. The van der Waals surface area contributed by atoms with E-state index in [2.05, 4.69) is 5.32 Å². The van der Waals surface area contributed by atoms with Crippen LogP contribution in [0, 0.1) is 11.6 Å². The van der Waals surface area contributed by atoms with Crippen LogP contribution in [0.3, 0.4) is 0 Å². The smallest absolute Gasteiger partial charge is 0.240 e. The average Bonchev–Trinajstić information content (AvgIpc) is 3.09. The van der Waals surface area contributed by atoms with E-state index in [9.17, 15) is 13.6 Å². The van der Waals surface area contributed by atoms with E-state index in [0.717, 1.165) is 12.8 Å². The van der Waals surface area contributed by atoms with E-state index in [1.807, 2.05) is 0 Å². The third-order valence-corrected chi connectivity index (χ3v) is 4.73. The highest BCUT2D eigenvalue weighted by Gasteiger charge is 2.39. The number of benzene rings is 1. The van der Waals surface area contributed by atoms with Crippen LogP contribution in [0.15, 0.2) is 18.2 Å². The Kier molecular flexibility index (Phi) is 4.04. The first-order valence-corrected chi connectivity index (χ1v) is 7.78. The third kappa shape index (κ3) is 2.79. The number of anilines is 1. The topological polar surface area (TPSA) is 58.4 Å². The first-order chi connectivity index (χ1) is 10.5. The van der Waals surface area contributed by atoms with Crippen molar-refractivity contribution in [3.63, 3.8) is 0 Å². The molecule has 0 aromatic heterocycles. The molecule has 4 nitrogen and oxygen atoms in total. The van der Waals surface area contributed by atoms with Crippen molar-refractivity contribution in [3.05, 3.63) is 29.8 Å². The van der Waals surface area contributed by atoms with E-state index in [-0.39, 0.29) is 17.6 Å². The van der Waals surface area contributed by atoms with Gasteiger partial charge in [-0.25, -0.2) is 8.78 Å². The molecule has 120 valence electrons. The van der Waals surface area contributed by atoms with Crippen LogP contribution >= 0.6 is 0 Å². The molecule has 1 atom stereocenters. The lowest BCUT2D eigenvalue weighted by Gasteiger charge is -2.25. The van der Waals surface area contributed by atoms with Crippen LogP contribution in [0.5, 0.6) is 0 Å². The highest BCUT2D eigenvalue weighted by molar-refractivity contribution is 5.86. The van der Waals surface area contributed by atoms with E-state index in [1.165, 1.54) is 18.2 Å². The van der Waals surface area contributed by atoms with Gasteiger partial charge in [-0.15, -0.1) is 0 Å². The molecule has 2 fully saturated rings. The van der Waals surface area contributed by atoms with Gasteiger partial charge in [0.05, 0.1) is 5.54 Å². The maximum atomic E-state index is 13.8. The molecular weight excluding hydrogens is 288 g/mol. The zero-order valence-electron chi connectivity index (χ0n) is 12.4. The van der Waals surface area contributed by atoms with Crippen LogP contribution < -0.4 is 16.0 Å². The van der Waals surface area contributed by atoms with E-state index < -0.39 is 17.2 Å². The van der Waals surface area contributed by atoms with Crippen LogP contribution in [-0.4, -0.2) is 30.6 Å². The van der Waals surface area contributed by atoms with Crippen LogP contribution in [0.25, 0.3) is 0 Å². The fourth-order valence-corrected chi connectivity index (χ4v) is 3.43. The van der Waals surface area contributed by atoms with Crippen molar-refractivity contribution in [2.45, 2.75) is 43.7 Å². The Morgan fingerprint density at radius 3 is 2.55 bits per heavy atom. The van der Waals surface area contributed by atoms with Gasteiger partial charge in [0, 0.05) is 19.1 Å². The van der Waals surface area contributed by atoms with E-state index >= 15 is 0 Å². The predicted molar refractivity (Wildman–Crippen MR) is 80.5 cm³/mol. The van der Waals surface area contributed by atoms with Crippen molar-refractivity contribution in [2.24, 2.45) is 5.73 Å². The lowest BCUT2D eigenvalue weighted by atomic mass is 9.97. The van der Waals surface area contributed by atoms with Gasteiger partial charge in [0.1, 0.15) is 17.3 Å². The summed E-state index contributed by atoms with van der Waals surface area (Å²) in [5.41, 5.74) is 5.35. The summed E-state index contributed by atoms with van der Waals surface area (Å²) in [6, 6.07) is 3.73. The van der Waals surface area contributed by atoms with Crippen molar-refractivity contribution in [1.82, 2.24) is 5.32 Å². The summed E-state index contributed by atoms with van der Waals surface area (Å²) < 4.78 is 27.6. The molecule has 0 radical (unpaired) electrons. The molecule has 1 saturated heterocycles. The highest BCUT2D eigenvalue weighted by Crippen LogP contribution is 2.29. The molecule has 0 bridgehead atoms. The number of hydrogen-bond donors (Lipinski definition) is 2. The zero-order chi connectivity index (χ0) is 15.7. The van der Waals surface area contributed by atoms with E-state index in [1.54, 1.807) is 4.90 Å². The van der Waals surface area contributed by atoms with Crippen LogP contribution in [0.4, 0.5) is 14.5 Å². The Morgan fingerprint density at radius 1 is 1.27 bits per heavy atom. The van der Waals surface area contributed by atoms with Gasteiger partial charge in [-0.2, -0.15) is 0 Å². The van der Waals surface area contributed by atoms with Gasteiger partial charge in [0.15, 0.2) is 0 Å². The molecule has 6 heteroatoms. The van der Waals surface area contributed by atoms with Crippen molar-refractivity contribution < 1.29 is 13.6 Å². The summed E-state index contributed by atoms with van der Waals surface area (Å²) in [4.78, 5) is 13.9. The average molecular weight is 309 g/mol. The Labute approximate surface area is 128 Å². The molecule has 1 heterocycles. The van der Waals surface area contributed by atoms with Gasteiger partial charge < -0.3 is 16.0 Å². The van der Waals surface area contributed by atoms with Crippen molar-refractivity contribution in [3.8, 4) is 0 Å². The summed E-state index contributed by atoms with van der Waals surface area (Å²) in [5.74, 6) is -1.28. The molecule has 1 unspecified atom stereocenters. The van der Waals surface area contributed by atoms with E-state index in [0.29, 0.717) is 32.4 Å². The van der Waals surface area contributed by atoms with Crippen LogP contribution in [0.1, 0.15) is 32.1 Å². The second-order valence-electron chi connectivity index (χ2n) is 6.34. The minimum absolute atomic E-state index is 0.0115. The predicted octanol–water partition coefficient (Wildman–Crippen LogP) is 1.93. The van der Waals surface area contributed by atoms with Crippen LogP contribution in [0.2, 0.25) is 0 Å². The Morgan fingerprint density at radius 2 is 1.91 bits per heavy atom. The minimum Gasteiger partial charge on any atom is -0.365 e. The fraction of sp³-hybridized carbons (Fsp3) is 0.562. The number of carbonyl (C=O) groups excluding carboxylic acids is 1. The second-order valence-corrected chi connectivity index (χ2v) is 6.34. The number of nitrogens with zero attached hydrogens (tertiary/aromatic N) is 1. The lowest BCUT2D eigenvalue weighted by molar-refractivity contribution is -0.126. The first kappa shape index (κ1) is 15.2. The third-order valence-electron chi connectivity index (χ3n) is 4.73. The highest BCUT2D eigenvalue weighted by atomic mass is 19.1. The number of rotatable bonds is 3. The first-order valence-electron chi connectivity index (χ1n) is 7.78. The Hall–Kier alpha value is -1.69. The van der Waals surface area contributed by atoms with Gasteiger partial charge in [0.2, 0.25) is 5.91 Å².